The van der Waals surface area contributed by atoms with E-state index in [-0.39, 0.29) is 11.4 Å². The molecule has 0 atom stereocenters. The molecule has 1 aromatic carbocycles. The number of benzene rings is 1. The molecule has 1 aliphatic heterocycles. The number of rotatable bonds is 2. The summed E-state index contributed by atoms with van der Waals surface area (Å²) in [4.78, 5) is 12.5. The Hall–Kier alpha value is -1.78. The smallest absolute Gasteiger partial charge is 0.296 e. The van der Waals surface area contributed by atoms with Crippen molar-refractivity contribution in [3.63, 3.8) is 0 Å². The first-order valence-electron chi connectivity index (χ1n) is 5.41. The summed E-state index contributed by atoms with van der Waals surface area (Å²) in [6.45, 7) is 1.71. The molecular formula is C11H14N2O3. The minimum absolute atomic E-state index is 0.0121. The van der Waals surface area contributed by atoms with Gasteiger partial charge in [-0.1, -0.05) is 0 Å². The molecule has 0 radical (unpaired) electrons. The van der Waals surface area contributed by atoms with E-state index in [9.17, 15) is 15.2 Å². The number of hydrogen-bond donors (Lipinski definition) is 1. The molecule has 1 heterocycles. The first-order valence-corrected chi connectivity index (χ1v) is 5.41. The predicted molar refractivity (Wildman–Crippen MR) is 60.8 cm³/mol. The first-order chi connectivity index (χ1) is 7.68. The SMILES string of the molecule is O=[N+]([O-])c1cc(O)ccc1N1CCCCC1. The average Bonchev–Trinajstić information content (AvgIpc) is 2.30. The van der Waals surface area contributed by atoms with Crippen molar-refractivity contribution in [1.29, 1.82) is 0 Å². The second-order valence-corrected chi connectivity index (χ2v) is 3.98. The second kappa shape index (κ2) is 4.38. The van der Waals surface area contributed by atoms with Gasteiger partial charge in [-0.25, -0.2) is 0 Å². The van der Waals surface area contributed by atoms with Crippen LogP contribution < -0.4 is 4.90 Å². The van der Waals surface area contributed by atoms with Crippen LogP contribution in [-0.2, 0) is 0 Å². The summed E-state index contributed by atoms with van der Waals surface area (Å²) in [5.74, 6) is -0.0625. The number of phenols is 1. The van der Waals surface area contributed by atoms with Crippen molar-refractivity contribution in [2.45, 2.75) is 19.3 Å². The number of phenolic OH excluding ortho intramolecular Hbond substituents is 1. The zero-order chi connectivity index (χ0) is 11.5. The van der Waals surface area contributed by atoms with E-state index in [0.717, 1.165) is 25.9 Å². The first kappa shape index (κ1) is 10.7. The van der Waals surface area contributed by atoms with Gasteiger partial charge in [-0.05, 0) is 31.4 Å². The summed E-state index contributed by atoms with van der Waals surface area (Å²) in [5.41, 5.74) is 0.601. The Balaban J connectivity index is 2.34. The highest BCUT2D eigenvalue weighted by Crippen LogP contribution is 2.32. The maximum atomic E-state index is 10.9. The van der Waals surface area contributed by atoms with Crippen molar-refractivity contribution in [2.75, 3.05) is 18.0 Å². The van der Waals surface area contributed by atoms with Gasteiger partial charge < -0.3 is 10.0 Å². The van der Waals surface area contributed by atoms with Gasteiger partial charge in [0.15, 0.2) is 0 Å². The van der Waals surface area contributed by atoms with E-state index in [0.29, 0.717) is 5.69 Å². The lowest BCUT2D eigenvalue weighted by atomic mass is 10.1. The normalized spacial score (nSPS) is 16.1. The van der Waals surface area contributed by atoms with Crippen molar-refractivity contribution in [2.24, 2.45) is 0 Å². The highest BCUT2D eigenvalue weighted by molar-refractivity contribution is 5.65. The van der Waals surface area contributed by atoms with Gasteiger partial charge in [-0.15, -0.1) is 0 Å². The Morgan fingerprint density at radius 2 is 1.94 bits per heavy atom. The molecule has 16 heavy (non-hydrogen) atoms. The van der Waals surface area contributed by atoms with Crippen molar-refractivity contribution in [1.82, 2.24) is 0 Å². The van der Waals surface area contributed by atoms with E-state index in [2.05, 4.69) is 0 Å². The molecule has 1 saturated heterocycles. The molecule has 0 amide bonds. The van der Waals surface area contributed by atoms with Crippen LogP contribution in [0.15, 0.2) is 18.2 Å². The van der Waals surface area contributed by atoms with E-state index in [1.807, 2.05) is 4.90 Å². The topological polar surface area (TPSA) is 66.6 Å². The highest BCUT2D eigenvalue weighted by Gasteiger charge is 2.21. The molecule has 0 spiro atoms. The molecule has 1 N–H and O–H groups in total. The van der Waals surface area contributed by atoms with E-state index in [1.165, 1.54) is 18.6 Å². The quantitative estimate of drug-likeness (QED) is 0.615. The van der Waals surface area contributed by atoms with Crippen LogP contribution in [-0.4, -0.2) is 23.1 Å². The van der Waals surface area contributed by atoms with Crippen molar-refractivity contribution >= 4 is 11.4 Å². The summed E-state index contributed by atoms with van der Waals surface area (Å²) in [7, 11) is 0. The van der Waals surface area contributed by atoms with Crippen molar-refractivity contribution < 1.29 is 10.0 Å². The standard InChI is InChI=1S/C11H14N2O3/c14-9-4-5-10(11(8-9)13(15)16)12-6-2-1-3-7-12/h4-5,8,14H,1-3,6-7H2. The fourth-order valence-corrected chi connectivity index (χ4v) is 2.06. The molecule has 0 unspecified atom stereocenters. The average molecular weight is 222 g/mol. The molecule has 1 aliphatic rings. The number of aromatic hydroxyl groups is 1. The number of hydrogen-bond acceptors (Lipinski definition) is 4. The van der Waals surface area contributed by atoms with Gasteiger partial charge in [0.25, 0.3) is 5.69 Å². The molecule has 0 saturated carbocycles. The lowest BCUT2D eigenvalue weighted by Gasteiger charge is -2.28. The fourth-order valence-electron chi connectivity index (χ4n) is 2.06. The van der Waals surface area contributed by atoms with Crippen LogP contribution in [0.3, 0.4) is 0 Å². The van der Waals surface area contributed by atoms with Crippen LogP contribution in [0.5, 0.6) is 5.75 Å². The molecule has 5 nitrogen and oxygen atoms in total. The molecular weight excluding hydrogens is 208 g/mol. The largest absolute Gasteiger partial charge is 0.508 e. The Kier molecular flexibility index (Phi) is 2.94. The summed E-state index contributed by atoms with van der Waals surface area (Å²) in [6.07, 6.45) is 3.32. The number of nitro benzene ring substituents is 1. The summed E-state index contributed by atoms with van der Waals surface area (Å²) < 4.78 is 0. The van der Waals surface area contributed by atoms with Gasteiger partial charge in [-0.2, -0.15) is 0 Å². The van der Waals surface area contributed by atoms with Crippen LogP contribution in [0.4, 0.5) is 11.4 Å². The minimum atomic E-state index is -0.441. The zero-order valence-corrected chi connectivity index (χ0v) is 8.93. The Bertz CT molecular complexity index is 400. The summed E-state index contributed by atoms with van der Waals surface area (Å²) in [6, 6.07) is 4.33. The number of anilines is 1. The molecule has 86 valence electrons. The molecule has 0 aliphatic carbocycles. The molecule has 1 aromatic rings. The lowest BCUT2D eigenvalue weighted by Crippen LogP contribution is -2.29. The van der Waals surface area contributed by atoms with Gasteiger partial charge >= 0.3 is 0 Å². The second-order valence-electron chi connectivity index (χ2n) is 3.98. The van der Waals surface area contributed by atoms with Crippen molar-refractivity contribution in [3.05, 3.63) is 28.3 Å². The summed E-state index contributed by atoms with van der Waals surface area (Å²) in [5, 5.41) is 20.1. The Morgan fingerprint density at radius 1 is 1.25 bits per heavy atom. The number of piperidine rings is 1. The van der Waals surface area contributed by atoms with E-state index >= 15 is 0 Å². The zero-order valence-electron chi connectivity index (χ0n) is 8.93. The Morgan fingerprint density at radius 3 is 2.56 bits per heavy atom. The van der Waals surface area contributed by atoms with Gasteiger partial charge in [0.1, 0.15) is 11.4 Å². The lowest BCUT2D eigenvalue weighted by molar-refractivity contribution is -0.384. The fraction of sp³-hybridized carbons (Fsp3) is 0.455. The third-order valence-corrected chi connectivity index (χ3v) is 2.85. The van der Waals surface area contributed by atoms with Gasteiger partial charge in [0.05, 0.1) is 11.0 Å². The van der Waals surface area contributed by atoms with Gasteiger partial charge in [0, 0.05) is 13.1 Å². The van der Waals surface area contributed by atoms with Gasteiger partial charge in [-0.3, -0.25) is 10.1 Å². The molecule has 0 bridgehead atoms. The van der Waals surface area contributed by atoms with E-state index in [1.54, 1.807) is 6.07 Å². The van der Waals surface area contributed by atoms with Crippen LogP contribution in [0.25, 0.3) is 0 Å². The monoisotopic (exact) mass is 222 g/mol. The predicted octanol–water partition coefficient (Wildman–Crippen LogP) is 2.29. The molecule has 1 fully saturated rings. The third kappa shape index (κ3) is 2.08. The van der Waals surface area contributed by atoms with Crippen LogP contribution in [0.1, 0.15) is 19.3 Å². The van der Waals surface area contributed by atoms with E-state index < -0.39 is 4.92 Å². The maximum absolute atomic E-state index is 10.9. The maximum Gasteiger partial charge on any atom is 0.296 e. The van der Waals surface area contributed by atoms with Crippen LogP contribution >= 0.6 is 0 Å². The minimum Gasteiger partial charge on any atom is -0.508 e. The van der Waals surface area contributed by atoms with Crippen LogP contribution in [0, 0.1) is 10.1 Å². The number of nitrogens with zero attached hydrogens (tertiary/aromatic N) is 2. The number of nitro groups is 1. The third-order valence-electron chi connectivity index (χ3n) is 2.85. The van der Waals surface area contributed by atoms with Crippen LogP contribution in [0.2, 0.25) is 0 Å². The molecule has 2 rings (SSSR count). The summed E-state index contributed by atoms with van der Waals surface area (Å²) >= 11 is 0. The highest BCUT2D eigenvalue weighted by atomic mass is 16.6. The molecule has 0 aromatic heterocycles. The Labute approximate surface area is 93.5 Å². The molecule has 5 heteroatoms. The van der Waals surface area contributed by atoms with Crippen molar-refractivity contribution in [3.8, 4) is 5.75 Å². The van der Waals surface area contributed by atoms with Gasteiger partial charge in [0.2, 0.25) is 0 Å². The van der Waals surface area contributed by atoms with E-state index in [4.69, 9.17) is 0 Å².